The van der Waals surface area contributed by atoms with Crippen molar-refractivity contribution in [2.45, 2.75) is 13.0 Å². The smallest absolute Gasteiger partial charge is 0.267 e. The number of hydrogen-bond acceptors (Lipinski definition) is 5. The molecular formula is C15H17N3O3S. The fourth-order valence-electron chi connectivity index (χ4n) is 2.41. The van der Waals surface area contributed by atoms with Crippen LogP contribution < -0.4 is 5.56 Å². The molecular weight excluding hydrogens is 302 g/mol. The van der Waals surface area contributed by atoms with E-state index in [0.29, 0.717) is 32.0 Å². The highest BCUT2D eigenvalue weighted by atomic mass is 32.1. The van der Waals surface area contributed by atoms with E-state index in [-0.39, 0.29) is 11.5 Å². The third kappa shape index (κ3) is 2.95. The maximum atomic E-state index is 12.5. The second kappa shape index (κ2) is 6.41. The Bertz CT molecular complexity index is 705. The van der Waals surface area contributed by atoms with Crippen molar-refractivity contribution in [2.24, 2.45) is 0 Å². The molecule has 3 rings (SSSR count). The Labute approximate surface area is 131 Å². The zero-order chi connectivity index (χ0) is 15.5. The molecule has 1 atom stereocenters. The summed E-state index contributed by atoms with van der Waals surface area (Å²) in [6.45, 7) is 3.90. The number of amides is 1. The van der Waals surface area contributed by atoms with Crippen molar-refractivity contribution in [1.82, 2.24) is 14.7 Å². The van der Waals surface area contributed by atoms with Gasteiger partial charge in [-0.25, -0.2) is 4.68 Å². The molecule has 1 aliphatic rings. The van der Waals surface area contributed by atoms with Gasteiger partial charge >= 0.3 is 0 Å². The lowest BCUT2D eigenvalue weighted by atomic mass is 10.2. The van der Waals surface area contributed by atoms with Crippen molar-refractivity contribution in [2.75, 3.05) is 26.3 Å². The summed E-state index contributed by atoms with van der Waals surface area (Å²) >= 11 is 1.55. The van der Waals surface area contributed by atoms with Crippen molar-refractivity contribution in [1.29, 1.82) is 0 Å². The number of hydrogen-bond donors (Lipinski definition) is 0. The maximum absolute atomic E-state index is 12.5. The van der Waals surface area contributed by atoms with E-state index in [4.69, 9.17) is 4.74 Å². The van der Waals surface area contributed by atoms with E-state index in [9.17, 15) is 9.59 Å². The van der Waals surface area contributed by atoms with Gasteiger partial charge in [0.15, 0.2) is 0 Å². The Morgan fingerprint density at radius 2 is 2.09 bits per heavy atom. The van der Waals surface area contributed by atoms with Crippen LogP contribution >= 0.6 is 11.3 Å². The molecule has 2 aromatic heterocycles. The SMILES string of the molecule is CC(C(=O)N1CCOCC1)n1nc(-c2cccs2)ccc1=O. The van der Waals surface area contributed by atoms with Crippen LogP contribution in [0.2, 0.25) is 0 Å². The van der Waals surface area contributed by atoms with Gasteiger partial charge in [-0.1, -0.05) is 6.07 Å². The number of aromatic nitrogens is 2. The lowest BCUT2D eigenvalue weighted by molar-refractivity contribution is -0.138. The molecule has 0 aromatic carbocycles. The van der Waals surface area contributed by atoms with Crippen LogP contribution in [-0.4, -0.2) is 46.9 Å². The molecule has 0 bridgehead atoms. The summed E-state index contributed by atoms with van der Waals surface area (Å²) < 4.78 is 6.52. The first-order chi connectivity index (χ1) is 10.7. The highest BCUT2D eigenvalue weighted by molar-refractivity contribution is 7.13. The monoisotopic (exact) mass is 319 g/mol. The first kappa shape index (κ1) is 14.9. The van der Waals surface area contributed by atoms with E-state index in [1.54, 1.807) is 29.2 Å². The summed E-state index contributed by atoms with van der Waals surface area (Å²) in [5.41, 5.74) is 0.436. The summed E-state index contributed by atoms with van der Waals surface area (Å²) in [4.78, 5) is 27.3. The molecule has 0 aliphatic carbocycles. The van der Waals surface area contributed by atoms with Gasteiger partial charge in [0.25, 0.3) is 5.56 Å². The molecule has 0 spiro atoms. The Hall–Kier alpha value is -1.99. The second-order valence-electron chi connectivity index (χ2n) is 5.09. The fourth-order valence-corrected chi connectivity index (χ4v) is 3.10. The van der Waals surface area contributed by atoms with Crippen LogP contribution in [0.4, 0.5) is 0 Å². The quantitative estimate of drug-likeness (QED) is 0.857. The average molecular weight is 319 g/mol. The topological polar surface area (TPSA) is 64.4 Å². The number of nitrogens with zero attached hydrogens (tertiary/aromatic N) is 3. The summed E-state index contributed by atoms with van der Waals surface area (Å²) in [5.74, 6) is -0.0961. The molecule has 7 heteroatoms. The first-order valence-electron chi connectivity index (χ1n) is 7.17. The fraction of sp³-hybridized carbons (Fsp3) is 0.400. The highest BCUT2D eigenvalue weighted by Gasteiger charge is 2.25. The third-order valence-electron chi connectivity index (χ3n) is 3.65. The van der Waals surface area contributed by atoms with Gasteiger partial charge < -0.3 is 9.64 Å². The Kier molecular flexibility index (Phi) is 4.35. The number of thiophene rings is 1. The normalized spacial score (nSPS) is 16.5. The molecule has 1 amide bonds. The van der Waals surface area contributed by atoms with Crippen molar-refractivity contribution >= 4 is 17.2 Å². The number of carbonyl (C=O) groups excluding carboxylic acids is 1. The van der Waals surface area contributed by atoms with E-state index in [0.717, 1.165) is 4.88 Å². The van der Waals surface area contributed by atoms with E-state index in [2.05, 4.69) is 5.10 Å². The average Bonchev–Trinajstić information content (AvgIpc) is 3.09. The molecule has 1 aliphatic heterocycles. The standard InChI is InChI=1S/C15H17N3O3S/c1-11(15(20)17-6-8-21-9-7-17)18-14(19)5-4-12(16-18)13-3-2-10-22-13/h2-5,10-11H,6-9H2,1H3. The van der Waals surface area contributed by atoms with E-state index >= 15 is 0 Å². The second-order valence-corrected chi connectivity index (χ2v) is 6.04. The highest BCUT2D eigenvalue weighted by Crippen LogP contribution is 2.21. The molecule has 2 aromatic rings. The lowest BCUT2D eigenvalue weighted by Gasteiger charge is -2.29. The molecule has 6 nitrogen and oxygen atoms in total. The molecule has 22 heavy (non-hydrogen) atoms. The molecule has 1 unspecified atom stereocenters. The Morgan fingerprint density at radius 1 is 1.32 bits per heavy atom. The van der Waals surface area contributed by atoms with Crippen LogP contribution in [-0.2, 0) is 9.53 Å². The molecule has 0 radical (unpaired) electrons. The van der Waals surface area contributed by atoms with Crippen molar-refractivity contribution < 1.29 is 9.53 Å². The van der Waals surface area contributed by atoms with Crippen LogP contribution in [0.25, 0.3) is 10.6 Å². The van der Waals surface area contributed by atoms with Gasteiger partial charge in [-0.2, -0.15) is 5.10 Å². The van der Waals surface area contributed by atoms with E-state index < -0.39 is 6.04 Å². The van der Waals surface area contributed by atoms with Crippen molar-refractivity contribution in [3.8, 4) is 10.6 Å². The molecule has 3 heterocycles. The molecule has 1 fully saturated rings. The third-order valence-corrected chi connectivity index (χ3v) is 4.54. The number of morpholine rings is 1. The van der Waals surface area contributed by atoms with Crippen LogP contribution in [0.15, 0.2) is 34.4 Å². The number of rotatable bonds is 3. The first-order valence-corrected chi connectivity index (χ1v) is 8.05. The Balaban J connectivity index is 1.88. The zero-order valence-electron chi connectivity index (χ0n) is 12.3. The van der Waals surface area contributed by atoms with Gasteiger partial charge in [-0.15, -0.1) is 11.3 Å². The van der Waals surface area contributed by atoms with E-state index in [1.807, 2.05) is 17.5 Å². The van der Waals surface area contributed by atoms with Gasteiger partial charge in [0, 0.05) is 19.2 Å². The van der Waals surface area contributed by atoms with Crippen LogP contribution in [0.3, 0.4) is 0 Å². The van der Waals surface area contributed by atoms with E-state index in [1.165, 1.54) is 10.7 Å². The summed E-state index contributed by atoms with van der Waals surface area (Å²) in [7, 11) is 0. The van der Waals surface area contributed by atoms with Gasteiger partial charge in [-0.3, -0.25) is 9.59 Å². The molecule has 116 valence electrons. The largest absolute Gasteiger partial charge is 0.378 e. The van der Waals surface area contributed by atoms with Gasteiger partial charge in [0.05, 0.1) is 18.1 Å². The summed E-state index contributed by atoms with van der Waals surface area (Å²) in [6.07, 6.45) is 0. The van der Waals surface area contributed by atoms with Crippen LogP contribution in [0, 0.1) is 0 Å². The van der Waals surface area contributed by atoms with Gasteiger partial charge in [0.2, 0.25) is 5.91 Å². The van der Waals surface area contributed by atoms with Crippen molar-refractivity contribution in [3.05, 3.63) is 40.0 Å². The molecule has 0 saturated carbocycles. The van der Waals surface area contributed by atoms with Crippen molar-refractivity contribution in [3.63, 3.8) is 0 Å². The minimum absolute atomic E-state index is 0.0961. The van der Waals surface area contributed by atoms with Crippen LogP contribution in [0.5, 0.6) is 0 Å². The summed E-state index contributed by atoms with van der Waals surface area (Å²) in [6, 6.07) is 6.41. The minimum Gasteiger partial charge on any atom is -0.378 e. The number of ether oxygens (including phenoxy) is 1. The predicted molar refractivity (Wildman–Crippen MR) is 83.9 cm³/mol. The van der Waals surface area contributed by atoms with Gasteiger partial charge in [0.1, 0.15) is 11.7 Å². The van der Waals surface area contributed by atoms with Crippen LogP contribution in [0.1, 0.15) is 13.0 Å². The maximum Gasteiger partial charge on any atom is 0.267 e. The number of carbonyl (C=O) groups is 1. The Morgan fingerprint density at radius 3 is 2.77 bits per heavy atom. The minimum atomic E-state index is -0.620. The lowest BCUT2D eigenvalue weighted by Crippen LogP contribution is -2.45. The molecule has 1 saturated heterocycles. The molecule has 0 N–H and O–H groups in total. The predicted octanol–water partition coefficient (Wildman–Crippen LogP) is 1.39. The summed E-state index contributed by atoms with van der Waals surface area (Å²) in [5, 5.41) is 6.32. The zero-order valence-corrected chi connectivity index (χ0v) is 13.1. The van der Waals surface area contributed by atoms with Gasteiger partial charge in [-0.05, 0) is 24.4 Å².